The van der Waals surface area contributed by atoms with Crippen molar-refractivity contribution >= 4 is 11.0 Å². The Balaban J connectivity index is 0.00000112. The summed E-state index contributed by atoms with van der Waals surface area (Å²) in [6.07, 6.45) is 1.92. The maximum atomic E-state index is 5.45. The lowest BCUT2D eigenvalue weighted by Crippen LogP contribution is -3.00. The molecule has 0 spiro atoms. The minimum atomic E-state index is 0. The van der Waals surface area contributed by atoms with E-state index in [4.69, 9.17) is 5.73 Å². The second-order valence-electron chi connectivity index (χ2n) is 3.60. The Labute approximate surface area is 108 Å². The number of aryl methyl sites for hydroxylation is 2. The van der Waals surface area contributed by atoms with Crippen LogP contribution in [-0.2, 0) is 6.42 Å². The van der Waals surface area contributed by atoms with E-state index in [0.29, 0.717) is 0 Å². The average molecular weight is 260 g/mol. The molecule has 0 radical (unpaired) electrons. The predicted octanol–water partition coefficient (Wildman–Crippen LogP) is -4.23. The van der Waals surface area contributed by atoms with Gasteiger partial charge in [0.15, 0.2) is 0 Å². The fraction of sp³-hybridized carbons (Fsp3) is 0.364. The first-order chi connectivity index (χ1) is 6.79. The van der Waals surface area contributed by atoms with Gasteiger partial charge in [-0.1, -0.05) is 6.07 Å². The molecule has 0 aliphatic rings. The Hall–Kier alpha value is -0.770. The maximum absolute atomic E-state index is 5.45. The van der Waals surface area contributed by atoms with E-state index in [-0.39, 0.29) is 24.8 Å². The van der Waals surface area contributed by atoms with Crippen molar-refractivity contribution in [2.75, 3.05) is 6.54 Å². The van der Waals surface area contributed by atoms with E-state index in [0.717, 1.165) is 36.2 Å². The van der Waals surface area contributed by atoms with E-state index < -0.39 is 0 Å². The van der Waals surface area contributed by atoms with Crippen molar-refractivity contribution in [1.29, 1.82) is 0 Å². The largest absolute Gasteiger partial charge is 1.00 e. The van der Waals surface area contributed by atoms with Gasteiger partial charge in [0.25, 0.3) is 0 Å². The van der Waals surface area contributed by atoms with Gasteiger partial charge in [-0.05, 0) is 37.6 Å². The molecule has 3 nitrogen and oxygen atoms in total. The molecular formula is C11H15Cl2N3-2. The molecule has 0 aliphatic carbocycles. The topological polar surface area (TPSA) is 54.7 Å². The SMILES string of the molecule is Cc1ccc2nc(CCCN)[nH]c2c1.[Cl-].[Cl-]. The van der Waals surface area contributed by atoms with Gasteiger partial charge in [0.1, 0.15) is 5.82 Å². The summed E-state index contributed by atoms with van der Waals surface area (Å²) in [5.74, 6) is 1.04. The molecule has 0 fully saturated rings. The van der Waals surface area contributed by atoms with Crippen LogP contribution in [0.5, 0.6) is 0 Å². The highest BCUT2D eigenvalue weighted by atomic mass is 35.5. The zero-order chi connectivity index (χ0) is 9.97. The number of halogens is 2. The van der Waals surface area contributed by atoms with Gasteiger partial charge < -0.3 is 35.5 Å². The highest BCUT2D eigenvalue weighted by molar-refractivity contribution is 5.75. The van der Waals surface area contributed by atoms with Crippen molar-refractivity contribution in [2.24, 2.45) is 5.73 Å². The third-order valence-corrected chi connectivity index (χ3v) is 2.30. The van der Waals surface area contributed by atoms with E-state index in [9.17, 15) is 0 Å². The third kappa shape index (κ3) is 3.37. The highest BCUT2D eigenvalue weighted by Gasteiger charge is 2.01. The number of aromatic amines is 1. The molecule has 16 heavy (non-hydrogen) atoms. The molecule has 0 bridgehead atoms. The summed E-state index contributed by atoms with van der Waals surface area (Å²) < 4.78 is 0. The van der Waals surface area contributed by atoms with Crippen LogP contribution in [0.4, 0.5) is 0 Å². The Morgan fingerprint density at radius 3 is 2.75 bits per heavy atom. The maximum Gasteiger partial charge on any atom is 0.107 e. The Morgan fingerprint density at radius 1 is 1.31 bits per heavy atom. The monoisotopic (exact) mass is 259 g/mol. The highest BCUT2D eigenvalue weighted by Crippen LogP contribution is 2.13. The Kier molecular flexibility index (Phi) is 6.41. The molecule has 1 aromatic carbocycles. The summed E-state index contributed by atoms with van der Waals surface area (Å²) >= 11 is 0. The van der Waals surface area contributed by atoms with E-state index >= 15 is 0 Å². The van der Waals surface area contributed by atoms with Crippen LogP contribution in [0, 0.1) is 6.92 Å². The van der Waals surface area contributed by atoms with Crippen LogP contribution < -0.4 is 30.5 Å². The number of nitrogens with zero attached hydrogens (tertiary/aromatic N) is 1. The number of aromatic nitrogens is 2. The van der Waals surface area contributed by atoms with Crippen LogP contribution in [0.25, 0.3) is 11.0 Å². The summed E-state index contributed by atoms with van der Waals surface area (Å²) in [4.78, 5) is 7.78. The number of fused-ring (bicyclic) bond motifs is 1. The quantitative estimate of drug-likeness (QED) is 0.587. The fourth-order valence-corrected chi connectivity index (χ4v) is 1.56. The summed E-state index contributed by atoms with van der Waals surface area (Å²) in [5, 5.41) is 0. The Morgan fingerprint density at radius 2 is 2.06 bits per heavy atom. The molecule has 0 unspecified atom stereocenters. The zero-order valence-corrected chi connectivity index (χ0v) is 10.6. The first kappa shape index (κ1) is 15.2. The van der Waals surface area contributed by atoms with Gasteiger partial charge in [-0.3, -0.25) is 0 Å². The molecule has 3 N–H and O–H groups in total. The van der Waals surface area contributed by atoms with Crippen molar-refractivity contribution in [3.8, 4) is 0 Å². The van der Waals surface area contributed by atoms with Gasteiger partial charge in [-0.15, -0.1) is 0 Å². The number of rotatable bonds is 3. The lowest BCUT2D eigenvalue weighted by atomic mass is 10.2. The standard InChI is InChI=1S/C11H15N3.2ClH/c1-8-4-5-9-10(7-8)14-11(13-9)3-2-6-12;;/h4-5,7H,2-3,6,12H2,1H3,(H,13,14);2*1H/p-2. The van der Waals surface area contributed by atoms with Gasteiger partial charge in [0.05, 0.1) is 11.0 Å². The van der Waals surface area contributed by atoms with E-state index in [1.54, 1.807) is 0 Å². The van der Waals surface area contributed by atoms with Crippen molar-refractivity contribution in [1.82, 2.24) is 9.97 Å². The minimum absolute atomic E-state index is 0. The summed E-state index contributed by atoms with van der Waals surface area (Å²) in [7, 11) is 0. The van der Waals surface area contributed by atoms with Crippen LogP contribution in [0.1, 0.15) is 17.8 Å². The molecule has 0 saturated carbocycles. The molecule has 0 aliphatic heterocycles. The Bertz CT molecular complexity index is 440. The zero-order valence-electron chi connectivity index (χ0n) is 9.13. The lowest BCUT2D eigenvalue weighted by Gasteiger charge is -1.91. The van der Waals surface area contributed by atoms with Gasteiger partial charge >= 0.3 is 0 Å². The van der Waals surface area contributed by atoms with Crippen LogP contribution in [0.2, 0.25) is 0 Å². The number of H-pyrrole nitrogens is 1. The molecule has 0 saturated heterocycles. The predicted molar refractivity (Wildman–Crippen MR) is 58.2 cm³/mol. The number of nitrogens with two attached hydrogens (primary N) is 1. The number of hydrogen-bond acceptors (Lipinski definition) is 2. The van der Waals surface area contributed by atoms with Gasteiger partial charge in [-0.2, -0.15) is 0 Å². The molecule has 90 valence electrons. The lowest BCUT2D eigenvalue weighted by molar-refractivity contribution is -0.00100. The first-order valence-corrected chi connectivity index (χ1v) is 4.95. The van der Waals surface area contributed by atoms with Gasteiger partial charge in [0, 0.05) is 6.42 Å². The van der Waals surface area contributed by atoms with Crippen molar-refractivity contribution in [2.45, 2.75) is 19.8 Å². The van der Waals surface area contributed by atoms with Crippen LogP contribution >= 0.6 is 0 Å². The molecule has 1 heterocycles. The van der Waals surface area contributed by atoms with E-state index in [1.807, 2.05) is 6.07 Å². The number of nitrogens with one attached hydrogen (secondary N) is 1. The smallest absolute Gasteiger partial charge is 0.107 e. The number of benzene rings is 1. The molecule has 5 heteroatoms. The summed E-state index contributed by atoms with van der Waals surface area (Å²) in [6.45, 7) is 2.80. The minimum Gasteiger partial charge on any atom is -1.00 e. The first-order valence-electron chi connectivity index (χ1n) is 4.95. The third-order valence-electron chi connectivity index (χ3n) is 2.30. The van der Waals surface area contributed by atoms with E-state index in [2.05, 4.69) is 29.0 Å². The molecule has 2 aromatic rings. The molecule has 0 amide bonds. The van der Waals surface area contributed by atoms with Gasteiger partial charge in [0.2, 0.25) is 0 Å². The van der Waals surface area contributed by atoms with Crippen molar-refractivity contribution < 1.29 is 24.8 Å². The number of hydrogen-bond donors (Lipinski definition) is 2. The van der Waals surface area contributed by atoms with Crippen LogP contribution in [-0.4, -0.2) is 16.5 Å². The van der Waals surface area contributed by atoms with Crippen LogP contribution in [0.3, 0.4) is 0 Å². The molecule has 0 atom stereocenters. The van der Waals surface area contributed by atoms with Crippen molar-refractivity contribution in [3.05, 3.63) is 29.6 Å². The molecule has 1 aromatic heterocycles. The van der Waals surface area contributed by atoms with Crippen molar-refractivity contribution in [3.63, 3.8) is 0 Å². The summed E-state index contributed by atoms with van der Waals surface area (Å²) in [5.41, 5.74) is 8.88. The normalized spacial score (nSPS) is 9.62. The van der Waals surface area contributed by atoms with E-state index in [1.165, 1.54) is 5.56 Å². The molecule has 2 rings (SSSR count). The summed E-state index contributed by atoms with van der Waals surface area (Å²) in [6, 6.07) is 6.25. The van der Waals surface area contributed by atoms with Gasteiger partial charge in [-0.25, -0.2) is 4.98 Å². The second-order valence-corrected chi connectivity index (χ2v) is 3.60. The fourth-order valence-electron chi connectivity index (χ4n) is 1.56. The second kappa shape index (κ2) is 6.74. The average Bonchev–Trinajstić information content (AvgIpc) is 2.56. The van der Waals surface area contributed by atoms with Crippen LogP contribution in [0.15, 0.2) is 18.2 Å². The number of imidazole rings is 1. The molecular weight excluding hydrogens is 245 g/mol.